The Labute approximate surface area is 141 Å². The van der Waals surface area contributed by atoms with E-state index in [1.54, 1.807) is 0 Å². The lowest BCUT2D eigenvalue weighted by Gasteiger charge is -2.23. The van der Waals surface area contributed by atoms with Crippen molar-refractivity contribution in [2.45, 2.75) is 25.3 Å². The molecule has 0 aliphatic carbocycles. The van der Waals surface area contributed by atoms with Crippen LogP contribution >= 0.6 is 0 Å². The van der Waals surface area contributed by atoms with Crippen LogP contribution in [-0.2, 0) is 0 Å². The van der Waals surface area contributed by atoms with Crippen molar-refractivity contribution in [1.82, 2.24) is 10.1 Å². The van der Waals surface area contributed by atoms with Crippen molar-refractivity contribution in [1.29, 1.82) is 0 Å². The lowest BCUT2D eigenvalue weighted by atomic mass is 10.1. The van der Waals surface area contributed by atoms with Crippen molar-refractivity contribution >= 4 is 11.8 Å². The Kier molecular flexibility index (Phi) is 4.85. The fraction of sp³-hybridized carbons (Fsp3) is 0.444. The van der Waals surface area contributed by atoms with Crippen LogP contribution in [0.15, 0.2) is 34.9 Å². The summed E-state index contributed by atoms with van der Waals surface area (Å²) < 4.78 is 5.43. The number of hydrogen-bond acceptors (Lipinski definition) is 5. The molecule has 1 aliphatic rings. The third-order valence-corrected chi connectivity index (χ3v) is 4.65. The lowest BCUT2D eigenvalue weighted by molar-refractivity contribution is 0.0698. The van der Waals surface area contributed by atoms with Crippen LogP contribution < -0.4 is 4.90 Å². The zero-order chi connectivity index (χ0) is 17.1. The van der Waals surface area contributed by atoms with Gasteiger partial charge in [-0.25, -0.2) is 4.79 Å². The van der Waals surface area contributed by atoms with Gasteiger partial charge in [-0.3, -0.25) is 0 Å². The van der Waals surface area contributed by atoms with Crippen LogP contribution in [0.3, 0.4) is 0 Å². The standard InChI is InChI=1S/C18H23N3O3/c1-20(2)14-9-6-11-21(12-10-14)17-15(18(22)23)16(24-19-17)13-7-4-3-5-8-13/h3-5,7-8,14H,6,9-12H2,1-2H3,(H,22,23). The van der Waals surface area contributed by atoms with E-state index in [2.05, 4.69) is 24.2 Å². The molecule has 24 heavy (non-hydrogen) atoms. The topological polar surface area (TPSA) is 69.8 Å². The van der Waals surface area contributed by atoms with Gasteiger partial charge < -0.3 is 19.4 Å². The Bertz CT molecular complexity index is 697. The Morgan fingerprint density at radius 1 is 1.25 bits per heavy atom. The molecule has 1 aliphatic heterocycles. The van der Waals surface area contributed by atoms with Crippen LogP contribution in [0.2, 0.25) is 0 Å². The Balaban J connectivity index is 1.91. The molecule has 6 heteroatoms. The summed E-state index contributed by atoms with van der Waals surface area (Å²) in [5.74, 6) is -0.231. The van der Waals surface area contributed by atoms with Gasteiger partial charge in [0.1, 0.15) is 0 Å². The number of nitrogens with zero attached hydrogens (tertiary/aromatic N) is 3. The molecule has 0 saturated carbocycles. The first kappa shape index (κ1) is 16.5. The SMILES string of the molecule is CN(C)C1CCCN(c2noc(-c3ccccc3)c2C(=O)O)CC1. The summed E-state index contributed by atoms with van der Waals surface area (Å²) in [5.41, 5.74) is 0.888. The number of aromatic nitrogens is 1. The highest BCUT2D eigenvalue weighted by Gasteiger charge is 2.29. The van der Waals surface area contributed by atoms with Crippen molar-refractivity contribution in [3.8, 4) is 11.3 Å². The quantitative estimate of drug-likeness (QED) is 0.930. The van der Waals surface area contributed by atoms with E-state index in [-0.39, 0.29) is 5.56 Å². The lowest BCUT2D eigenvalue weighted by Crippen LogP contribution is -2.30. The average Bonchev–Trinajstić information content (AvgIpc) is 2.86. The third kappa shape index (κ3) is 3.28. The molecule has 1 aromatic heterocycles. The summed E-state index contributed by atoms with van der Waals surface area (Å²) in [6.07, 6.45) is 3.10. The zero-order valence-corrected chi connectivity index (χ0v) is 14.1. The number of aromatic carboxylic acids is 1. The largest absolute Gasteiger partial charge is 0.477 e. The predicted octanol–water partition coefficient (Wildman–Crippen LogP) is 2.96. The van der Waals surface area contributed by atoms with E-state index in [4.69, 9.17) is 4.52 Å². The van der Waals surface area contributed by atoms with Crippen molar-refractivity contribution < 1.29 is 14.4 Å². The second-order valence-electron chi connectivity index (χ2n) is 6.42. The van der Waals surface area contributed by atoms with Gasteiger partial charge in [0, 0.05) is 24.7 Å². The van der Waals surface area contributed by atoms with E-state index >= 15 is 0 Å². The van der Waals surface area contributed by atoms with E-state index < -0.39 is 5.97 Å². The highest BCUT2D eigenvalue weighted by atomic mass is 16.5. The van der Waals surface area contributed by atoms with Crippen LogP contribution in [0, 0.1) is 0 Å². The van der Waals surface area contributed by atoms with Crippen molar-refractivity contribution in [2.24, 2.45) is 0 Å². The second-order valence-corrected chi connectivity index (χ2v) is 6.42. The maximum absolute atomic E-state index is 11.8. The maximum Gasteiger partial charge on any atom is 0.343 e. The van der Waals surface area contributed by atoms with Gasteiger partial charge in [0.15, 0.2) is 17.1 Å². The number of rotatable bonds is 4. The molecule has 2 aromatic rings. The Hall–Kier alpha value is -2.34. The maximum atomic E-state index is 11.8. The van der Waals surface area contributed by atoms with E-state index in [1.807, 2.05) is 35.2 Å². The van der Waals surface area contributed by atoms with Gasteiger partial charge in [0.2, 0.25) is 0 Å². The molecule has 1 N–H and O–H groups in total. The molecular weight excluding hydrogens is 306 g/mol. The molecule has 1 saturated heterocycles. The monoisotopic (exact) mass is 329 g/mol. The van der Waals surface area contributed by atoms with Gasteiger partial charge in [-0.1, -0.05) is 35.5 Å². The normalized spacial score (nSPS) is 18.6. The fourth-order valence-corrected chi connectivity index (χ4v) is 3.28. The molecule has 0 bridgehead atoms. The zero-order valence-electron chi connectivity index (χ0n) is 14.1. The number of hydrogen-bond donors (Lipinski definition) is 1. The number of carbonyl (C=O) groups is 1. The summed E-state index contributed by atoms with van der Waals surface area (Å²) in [6.45, 7) is 1.58. The van der Waals surface area contributed by atoms with Crippen LogP contribution in [0.5, 0.6) is 0 Å². The van der Waals surface area contributed by atoms with E-state index in [0.29, 0.717) is 17.6 Å². The highest BCUT2D eigenvalue weighted by molar-refractivity contribution is 5.99. The summed E-state index contributed by atoms with van der Waals surface area (Å²) in [5, 5.41) is 13.8. The highest BCUT2D eigenvalue weighted by Crippen LogP contribution is 2.32. The van der Waals surface area contributed by atoms with E-state index in [1.165, 1.54) is 0 Å². The fourth-order valence-electron chi connectivity index (χ4n) is 3.28. The Morgan fingerprint density at radius 2 is 2.00 bits per heavy atom. The summed E-state index contributed by atoms with van der Waals surface area (Å²) in [6, 6.07) is 9.79. The smallest absolute Gasteiger partial charge is 0.343 e. The van der Waals surface area contributed by atoms with Crippen LogP contribution in [0.25, 0.3) is 11.3 Å². The van der Waals surface area contributed by atoms with Crippen LogP contribution in [0.4, 0.5) is 5.82 Å². The second kappa shape index (κ2) is 7.05. The number of benzene rings is 1. The van der Waals surface area contributed by atoms with Crippen LogP contribution in [-0.4, -0.2) is 54.4 Å². The molecule has 0 spiro atoms. The van der Waals surface area contributed by atoms with Crippen molar-refractivity contribution in [2.75, 3.05) is 32.1 Å². The molecule has 2 heterocycles. The van der Waals surface area contributed by atoms with Gasteiger partial charge in [0.25, 0.3) is 0 Å². The molecule has 1 fully saturated rings. The van der Waals surface area contributed by atoms with Gasteiger partial charge >= 0.3 is 5.97 Å². The summed E-state index contributed by atoms with van der Waals surface area (Å²) in [4.78, 5) is 16.1. The number of anilines is 1. The van der Waals surface area contributed by atoms with Crippen molar-refractivity contribution in [3.05, 3.63) is 35.9 Å². The third-order valence-electron chi connectivity index (χ3n) is 4.65. The molecule has 0 amide bonds. The molecular formula is C18H23N3O3. The van der Waals surface area contributed by atoms with E-state index in [9.17, 15) is 9.90 Å². The van der Waals surface area contributed by atoms with Gasteiger partial charge in [0.05, 0.1) is 0 Å². The minimum atomic E-state index is -1.00. The van der Waals surface area contributed by atoms with E-state index in [0.717, 1.165) is 37.9 Å². The van der Waals surface area contributed by atoms with Crippen molar-refractivity contribution in [3.63, 3.8) is 0 Å². The first-order valence-corrected chi connectivity index (χ1v) is 8.27. The average molecular weight is 329 g/mol. The molecule has 1 aromatic carbocycles. The minimum Gasteiger partial charge on any atom is -0.477 e. The van der Waals surface area contributed by atoms with Gasteiger partial charge in [-0.05, 0) is 33.4 Å². The first-order chi connectivity index (χ1) is 11.6. The minimum absolute atomic E-state index is 0.157. The first-order valence-electron chi connectivity index (χ1n) is 8.27. The number of carboxylic acids is 1. The predicted molar refractivity (Wildman–Crippen MR) is 92.4 cm³/mol. The van der Waals surface area contributed by atoms with Gasteiger partial charge in [-0.15, -0.1) is 0 Å². The van der Waals surface area contributed by atoms with Crippen LogP contribution in [0.1, 0.15) is 29.6 Å². The molecule has 128 valence electrons. The Morgan fingerprint density at radius 3 is 2.67 bits per heavy atom. The molecule has 1 unspecified atom stereocenters. The number of carboxylic acid groups (broad SMARTS) is 1. The molecule has 1 atom stereocenters. The summed E-state index contributed by atoms with van der Waals surface area (Å²) in [7, 11) is 4.18. The molecule has 3 rings (SSSR count). The molecule has 6 nitrogen and oxygen atoms in total. The van der Waals surface area contributed by atoms with Gasteiger partial charge in [-0.2, -0.15) is 0 Å². The summed E-state index contributed by atoms with van der Waals surface area (Å²) >= 11 is 0. The molecule has 0 radical (unpaired) electrons.